The van der Waals surface area contributed by atoms with Crippen LogP contribution >= 0.6 is 11.6 Å². The summed E-state index contributed by atoms with van der Waals surface area (Å²) in [7, 11) is 0. The van der Waals surface area contributed by atoms with Gasteiger partial charge >= 0.3 is 5.38 Å². The average Bonchev–Trinajstić information content (AvgIpc) is 1.86. The summed E-state index contributed by atoms with van der Waals surface area (Å²) in [5, 5.41) is -3.40. The summed E-state index contributed by atoms with van der Waals surface area (Å²) in [4.78, 5) is 6.91. The first-order valence-electron chi connectivity index (χ1n) is 2.85. The third-order valence-corrected chi connectivity index (χ3v) is 1.34. The predicted octanol–water partition coefficient (Wildman–Crippen LogP) is 2.07. The van der Waals surface area contributed by atoms with E-state index in [1.54, 1.807) is 0 Å². The molecule has 1 rings (SSSR count). The van der Waals surface area contributed by atoms with Gasteiger partial charge in [0, 0.05) is 6.20 Å². The van der Waals surface area contributed by atoms with Crippen molar-refractivity contribution in [2.45, 2.75) is 12.3 Å². The van der Waals surface area contributed by atoms with E-state index in [2.05, 4.69) is 9.97 Å². The zero-order valence-electron chi connectivity index (χ0n) is 5.68. The summed E-state index contributed by atoms with van der Waals surface area (Å²) in [6.07, 6.45) is 2.33. The topological polar surface area (TPSA) is 25.8 Å². The van der Waals surface area contributed by atoms with E-state index in [0.29, 0.717) is 0 Å². The Balaban J connectivity index is 3.14. The second kappa shape index (κ2) is 2.70. The standard InChI is InChI=1S/C6H5ClF2N2/c1-4-2-10-3-11-5(4)6(7,8)9/h2-3H,1H3. The minimum absolute atomic E-state index is 0.285. The van der Waals surface area contributed by atoms with Gasteiger partial charge in [-0.05, 0) is 24.1 Å². The fraction of sp³-hybridized carbons (Fsp3) is 0.333. The first kappa shape index (κ1) is 8.33. The molecule has 0 aliphatic heterocycles. The fourth-order valence-corrected chi connectivity index (χ4v) is 0.894. The van der Waals surface area contributed by atoms with Crippen LogP contribution in [0, 0.1) is 6.92 Å². The number of aryl methyl sites for hydroxylation is 1. The van der Waals surface area contributed by atoms with E-state index in [1.165, 1.54) is 13.1 Å². The number of nitrogens with zero attached hydrogens (tertiary/aromatic N) is 2. The number of halogens is 3. The SMILES string of the molecule is Cc1cncnc1C(F)(F)Cl. The molecule has 1 heterocycles. The number of rotatable bonds is 1. The van der Waals surface area contributed by atoms with Gasteiger partial charge in [-0.15, -0.1) is 0 Å². The highest BCUT2D eigenvalue weighted by Crippen LogP contribution is 2.31. The van der Waals surface area contributed by atoms with Gasteiger partial charge in [-0.1, -0.05) is 0 Å². The fourth-order valence-electron chi connectivity index (χ4n) is 0.696. The zero-order chi connectivity index (χ0) is 8.48. The molecule has 0 unspecified atom stereocenters. The highest BCUT2D eigenvalue weighted by atomic mass is 35.5. The third-order valence-electron chi connectivity index (χ3n) is 1.16. The normalized spacial score (nSPS) is 11.6. The maximum Gasteiger partial charge on any atom is 0.365 e. The van der Waals surface area contributed by atoms with Crippen LogP contribution in [0.5, 0.6) is 0 Å². The van der Waals surface area contributed by atoms with E-state index in [0.717, 1.165) is 6.33 Å². The maximum absolute atomic E-state index is 12.4. The van der Waals surface area contributed by atoms with Crippen molar-refractivity contribution < 1.29 is 8.78 Å². The number of hydrogen-bond acceptors (Lipinski definition) is 2. The maximum atomic E-state index is 12.4. The van der Waals surface area contributed by atoms with E-state index >= 15 is 0 Å². The molecule has 0 aromatic carbocycles. The molecule has 2 nitrogen and oxygen atoms in total. The second-order valence-corrected chi connectivity index (χ2v) is 2.53. The molecule has 0 saturated carbocycles. The number of aromatic nitrogens is 2. The van der Waals surface area contributed by atoms with Crippen molar-refractivity contribution in [2.75, 3.05) is 0 Å². The van der Waals surface area contributed by atoms with E-state index in [1.807, 2.05) is 0 Å². The summed E-state index contributed by atoms with van der Waals surface area (Å²) in [5.74, 6) is 0. The van der Waals surface area contributed by atoms with E-state index in [9.17, 15) is 8.78 Å². The Labute approximate surface area is 67.2 Å². The lowest BCUT2D eigenvalue weighted by molar-refractivity contribution is 0.0890. The average molecular weight is 179 g/mol. The lowest BCUT2D eigenvalue weighted by atomic mass is 10.2. The summed E-state index contributed by atoms with van der Waals surface area (Å²) in [5.41, 5.74) is -0.151. The molecule has 0 amide bonds. The van der Waals surface area contributed by atoms with Gasteiger partial charge in [-0.25, -0.2) is 9.97 Å². The molecule has 60 valence electrons. The van der Waals surface area contributed by atoms with Crippen LogP contribution in [0.15, 0.2) is 12.5 Å². The first-order chi connectivity index (χ1) is 5.02. The smallest absolute Gasteiger partial charge is 0.245 e. The van der Waals surface area contributed by atoms with Crippen molar-refractivity contribution in [1.29, 1.82) is 0 Å². The Kier molecular flexibility index (Phi) is 2.04. The van der Waals surface area contributed by atoms with Gasteiger partial charge in [0.1, 0.15) is 12.0 Å². The van der Waals surface area contributed by atoms with Crippen molar-refractivity contribution in [3.05, 3.63) is 23.8 Å². The number of hydrogen-bond donors (Lipinski definition) is 0. The van der Waals surface area contributed by atoms with Gasteiger partial charge in [-0.2, -0.15) is 8.78 Å². The highest BCUT2D eigenvalue weighted by molar-refractivity contribution is 6.21. The van der Waals surface area contributed by atoms with Gasteiger partial charge < -0.3 is 0 Å². The van der Waals surface area contributed by atoms with E-state index in [4.69, 9.17) is 11.6 Å². The van der Waals surface area contributed by atoms with Crippen LogP contribution in [0.1, 0.15) is 11.3 Å². The Morgan fingerprint density at radius 1 is 1.55 bits per heavy atom. The highest BCUT2D eigenvalue weighted by Gasteiger charge is 2.31. The van der Waals surface area contributed by atoms with E-state index < -0.39 is 11.1 Å². The molecule has 5 heteroatoms. The molecular weight excluding hydrogens is 174 g/mol. The van der Waals surface area contributed by atoms with Gasteiger partial charge in [0.2, 0.25) is 0 Å². The molecule has 1 aromatic rings. The van der Waals surface area contributed by atoms with Crippen molar-refractivity contribution in [2.24, 2.45) is 0 Å². The minimum atomic E-state index is -3.40. The summed E-state index contributed by atoms with van der Waals surface area (Å²) >= 11 is 4.74. The van der Waals surface area contributed by atoms with Crippen LogP contribution in [-0.4, -0.2) is 9.97 Å². The van der Waals surface area contributed by atoms with Crippen LogP contribution in [0.25, 0.3) is 0 Å². The summed E-state index contributed by atoms with van der Waals surface area (Å²) in [6, 6.07) is 0. The van der Waals surface area contributed by atoms with Crippen molar-refractivity contribution in [3.63, 3.8) is 0 Å². The summed E-state index contributed by atoms with van der Waals surface area (Å²) in [6.45, 7) is 1.48. The third kappa shape index (κ3) is 1.83. The zero-order valence-corrected chi connectivity index (χ0v) is 6.44. The molecule has 0 fully saturated rings. The van der Waals surface area contributed by atoms with Crippen LogP contribution in [0.3, 0.4) is 0 Å². The molecule has 0 radical (unpaired) electrons. The van der Waals surface area contributed by atoms with E-state index in [-0.39, 0.29) is 5.56 Å². The van der Waals surface area contributed by atoms with Crippen molar-refractivity contribution in [3.8, 4) is 0 Å². The lowest BCUT2D eigenvalue weighted by Gasteiger charge is -2.07. The molecule has 11 heavy (non-hydrogen) atoms. The monoisotopic (exact) mass is 178 g/mol. The van der Waals surface area contributed by atoms with Gasteiger partial charge in [0.25, 0.3) is 0 Å². The largest absolute Gasteiger partial charge is 0.365 e. The molecule has 0 saturated heterocycles. The Morgan fingerprint density at radius 2 is 2.18 bits per heavy atom. The Bertz CT molecular complexity index is 259. The number of alkyl halides is 3. The second-order valence-electron chi connectivity index (χ2n) is 2.05. The lowest BCUT2D eigenvalue weighted by Crippen LogP contribution is -2.08. The molecule has 0 aliphatic rings. The quantitative estimate of drug-likeness (QED) is 0.616. The van der Waals surface area contributed by atoms with Crippen LogP contribution < -0.4 is 0 Å². The van der Waals surface area contributed by atoms with Gasteiger partial charge in [-0.3, -0.25) is 0 Å². The molecule has 0 atom stereocenters. The molecule has 0 aliphatic carbocycles. The first-order valence-corrected chi connectivity index (χ1v) is 3.23. The molecule has 1 aromatic heterocycles. The van der Waals surface area contributed by atoms with Crippen LogP contribution in [0.4, 0.5) is 8.78 Å². The van der Waals surface area contributed by atoms with Crippen LogP contribution in [-0.2, 0) is 5.38 Å². The van der Waals surface area contributed by atoms with Gasteiger partial charge in [0.15, 0.2) is 0 Å². The molecule has 0 N–H and O–H groups in total. The van der Waals surface area contributed by atoms with Gasteiger partial charge in [0.05, 0.1) is 0 Å². The summed E-state index contributed by atoms with van der Waals surface area (Å²) < 4.78 is 24.8. The minimum Gasteiger partial charge on any atom is -0.245 e. The molecule has 0 bridgehead atoms. The van der Waals surface area contributed by atoms with Crippen molar-refractivity contribution in [1.82, 2.24) is 9.97 Å². The molecular formula is C6H5ClF2N2. The Morgan fingerprint density at radius 3 is 2.55 bits per heavy atom. The van der Waals surface area contributed by atoms with Crippen LogP contribution in [0.2, 0.25) is 0 Å². The van der Waals surface area contributed by atoms with Crippen molar-refractivity contribution >= 4 is 11.6 Å². The Hall–Kier alpha value is -0.770. The molecule has 0 spiro atoms. The predicted molar refractivity (Wildman–Crippen MR) is 36.5 cm³/mol.